The number of likely N-dealkylation sites (tertiary alicyclic amines) is 1. The highest BCUT2D eigenvalue weighted by molar-refractivity contribution is 5.91. The lowest BCUT2D eigenvalue weighted by atomic mass is 9.49. The summed E-state index contributed by atoms with van der Waals surface area (Å²) in [5.74, 6) is 3.35. The molecule has 5 fully saturated rings. The van der Waals surface area contributed by atoms with Crippen LogP contribution in [0.1, 0.15) is 76.8 Å². The molecule has 0 spiro atoms. The Morgan fingerprint density at radius 3 is 2.29 bits per heavy atom. The van der Waals surface area contributed by atoms with Crippen LogP contribution in [0.4, 0.5) is 0 Å². The van der Waals surface area contributed by atoms with E-state index in [0.717, 1.165) is 67.7 Å². The van der Waals surface area contributed by atoms with Gasteiger partial charge in [-0.2, -0.15) is 0 Å². The summed E-state index contributed by atoms with van der Waals surface area (Å²) in [6, 6.07) is 7.48. The van der Waals surface area contributed by atoms with Crippen molar-refractivity contribution < 1.29 is 14.3 Å². The maximum atomic E-state index is 13.8. The van der Waals surface area contributed by atoms with Gasteiger partial charge < -0.3 is 15.0 Å². The highest BCUT2D eigenvalue weighted by atomic mass is 16.5. The number of carbonyl (C=O) groups excluding carboxylic acids is 2. The minimum atomic E-state index is -0.314. The number of nitrogens with zero attached hydrogens (tertiary/aromatic N) is 1. The number of benzene rings is 1. The summed E-state index contributed by atoms with van der Waals surface area (Å²) in [7, 11) is 0. The zero-order valence-electron chi connectivity index (χ0n) is 18.9. The smallest absolute Gasteiger partial charge is 0.243 e. The molecule has 4 aliphatic carbocycles. The van der Waals surface area contributed by atoms with Gasteiger partial charge in [-0.3, -0.25) is 9.59 Å². The van der Waals surface area contributed by atoms with E-state index in [9.17, 15) is 9.59 Å². The fourth-order valence-electron chi connectivity index (χ4n) is 7.37. The molecule has 2 atom stereocenters. The van der Waals surface area contributed by atoms with Crippen molar-refractivity contribution in [1.82, 2.24) is 10.2 Å². The molecule has 1 heterocycles. The van der Waals surface area contributed by atoms with Crippen molar-refractivity contribution in [3.8, 4) is 5.75 Å². The summed E-state index contributed by atoms with van der Waals surface area (Å²) < 4.78 is 5.51. The maximum Gasteiger partial charge on any atom is 0.243 e. The molecule has 0 radical (unpaired) electrons. The van der Waals surface area contributed by atoms with Gasteiger partial charge in [-0.1, -0.05) is 12.1 Å². The van der Waals surface area contributed by atoms with Crippen LogP contribution in [0.3, 0.4) is 0 Å². The first-order valence-corrected chi connectivity index (χ1v) is 12.3. The van der Waals surface area contributed by atoms with Gasteiger partial charge in [0.2, 0.25) is 11.8 Å². The molecule has 1 aromatic rings. The largest absolute Gasteiger partial charge is 0.494 e. The fourth-order valence-corrected chi connectivity index (χ4v) is 7.37. The number of nitrogens with one attached hydrogen (secondary N) is 1. The number of ether oxygens (including phenoxy) is 1. The third-order valence-corrected chi connectivity index (χ3v) is 8.36. The van der Waals surface area contributed by atoms with Gasteiger partial charge >= 0.3 is 0 Å². The molecule has 0 aromatic heterocycles. The number of amides is 2. The molecule has 0 unspecified atom stereocenters. The normalized spacial score (nSPS) is 34.6. The van der Waals surface area contributed by atoms with Gasteiger partial charge in [-0.15, -0.1) is 0 Å². The molecule has 1 aromatic carbocycles. The first-order chi connectivity index (χ1) is 15.0. The summed E-state index contributed by atoms with van der Waals surface area (Å²) in [4.78, 5) is 29.0. The minimum Gasteiger partial charge on any atom is -0.494 e. The van der Waals surface area contributed by atoms with Crippen molar-refractivity contribution in [2.45, 2.75) is 77.3 Å². The second-order valence-electron chi connectivity index (χ2n) is 10.6. The molecule has 5 heteroatoms. The third-order valence-electron chi connectivity index (χ3n) is 8.36. The molecule has 6 rings (SSSR count). The van der Waals surface area contributed by atoms with Gasteiger partial charge in [0, 0.05) is 6.54 Å². The maximum absolute atomic E-state index is 13.8. The standard InChI is InChI=1S/C26H36N2O3/c1-3-31-22-8-6-21(7-9-22)17(2)27-24(29)23-5-4-10-28(23)25(30)26-14-18-11-19(15-26)13-20(12-18)16-26/h6-9,17-20,23H,3-5,10-16H2,1-2H3,(H,27,29)/t17-,18?,19?,20?,23+,26?/m1/s1. The van der Waals surface area contributed by atoms with E-state index in [1.165, 1.54) is 19.3 Å². The molecule has 1 saturated heterocycles. The van der Waals surface area contributed by atoms with E-state index in [0.29, 0.717) is 6.61 Å². The summed E-state index contributed by atoms with van der Waals surface area (Å²) >= 11 is 0. The van der Waals surface area contributed by atoms with Crippen LogP contribution >= 0.6 is 0 Å². The van der Waals surface area contributed by atoms with Gasteiger partial charge in [0.05, 0.1) is 18.1 Å². The zero-order chi connectivity index (χ0) is 21.6. The Balaban J connectivity index is 1.25. The van der Waals surface area contributed by atoms with Crippen LogP contribution in [0, 0.1) is 23.2 Å². The second kappa shape index (κ2) is 8.14. The van der Waals surface area contributed by atoms with Gasteiger partial charge in [0.15, 0.2) is 0 Å². The van der Waals surface area contributed by atoms with E-state index in [1.54, 1.807) is 0 Å². The van der Waals surface area contributed by atoms with E-state index in [-0.39, 0.29) is 29.3 Å². The zero-order valence-corrected chi connectivity index (χ0v) is 18.9. The monoisotopic (exact) mass is 424 g/mol. The first kappa shape index (κ1) is 20.8. The number of hydrogen-bond donors (Lipinski definition) is 1. The van der Waals surface area contributed by atoms with Crippen LogP contribution in [-0.4, -0.2) is 35.9 Å². The Morgan fingerprint density at radius 2 is 1.71 bits per heavy atom. The molecule has 2 amide bonds. The predicted molar refractivity (Wildman–Crippen MR) is 120 cm³/mol. The molecular formula is C26H36N2O3. The van der Waals surface area contributed by atoms with E-state index >= 15 is 0 Å². The van der Waals surface area contributed by atoms with Crippen LogP contribution < -0.4 is 10.1 Å². The van der Waals surface area contributed by atoms with Gasteiger partial charge in [0.25, 0.3) is 0 Å². The molecule has 168 valence electrons. The van der Waals surface area contributed by atoms with E-state index in [2.05, 4.69) is 5.32 Å². The van der Waals surface area contributed by atoms with Crippen LogP contribution in [0.2, 0.25) is 0 Å². The average molecular weight is 425 g/mol. The van der Waals surface area contributed by atoms with Crippen molar-refractivity contribution in [3.05, 3.63) is 29.8 Å². The molecule has 4 saturated carbocycles. The Labute approximate surface area is 185 Å². The highest BCUT2D eigenvalue weighted by Gasteiger charge is 2.56. The minimum absolute atomic E-state index is 0.00281. The molecule has 5 aliphatic rings. The number of rotatable bonds is 6. The van der Waals surface area contributed by atoms with Crippen molar-refractivity contribution in [2.75, 3.05) is 13.2 Å². The Kier molecular flexibility index (Phi) is 5.47. The molecule has 5 nitrogen and oxygen atoms in total. The van der Waals surface area contributed by atoms with E-state index < -0.39 is 0 Å². The summed E-state index contributed by atoms with van der Waals surface area (Å²) in [5, 5.41) is 3.17. The average Bonchev–Trinajstić information content (AvgIpc) is 3.23. The van der Waals surface area contributed by atoms with Crippen LogP contribution in [-0.2, 0) is 9.59 Å². The molecule has 1 N–H and O–H groups in total. The summed E-state index contributed by atoms with van der Waals surface area (Å²) in [5.41, 5.74) is 0.881. The van der Waals surface area contributed by atoms with E-state index in [1.807, 2.05) is 43.0 Å². The molecule has 1 aliphatic heterocycles. The van der Waals surface area contributed by atoms with Crippen LogP contribution in [0.25, 0.3) is 0 Å². The van der Waals surface area contributed by atoms with Crippen molar-refractivity contribution in [2.24, 2.45) is 23.2 Å². The lowest BCUT2D eigenvalue weighted by Crippen LogP contribution is -2.57. The Hall–Kier alpha value is -2.04. The number of hydrogen-bond acceptors (Lipinski definition) is 3. The van der Waals surface area contributed by atoms with E-state index in [4.69, 9.17) is 4.74 Å². The van der Waals surface area contributed by atoms with Crippen molar-refractivity contribution in [3.63, 3.8) is 0 Å². The second-order valence-corrected chi connectivity index (χ2v) is 10.6. The Morgan fingerprint density at radius 1 is 1.10 bits per heavy atom. The first-order valence-electron chi connectivity index (χ1n) is 12.3. The van der Waals surface area contributed by atoms with Crippen LogP contribution in [0.5, 0.6) is 5.75 Å². The number of carbonyl (C=O) groups is 2. The third kappa shape index (κ3) is 3.85. The SMILES string of the molecule is CCOc1ccc([C@@H](C)NC(=O)[C@@H]2CCCN2C(=O)C23CC4CC(CC(C4)C2)C3)cc1. The predicted octanol–water partition coefficient (Wildman–Crippen LogP) is 4.47. The lowest BCUT2D eigenvalue weighted by Gasteiger charge is -2.56. The van der Waals surface area contributed by atoms with Gasteiger partial charge in [0.1, 0.15) is 11.8 Å². The highest BCUT2D eigenvalue weighted by Crippen LogP contribution is 2.60. The summed E-state index contributed by atoms with van der Waals surface area (Å²) in [6.07, 6.45) is 8.87. The van der Waals surface area contributed by atoms with Gasteiger partial charge in [-0.05, 0) is 101 Å². The lowest BCUT2D eigenvalue weighted by molar-refractivity contribution is -0.160. The Bertz CT molecular complexity index is 798. The molecule has 31 heavy (non-hydrogen) atoms. The fraction of sp³-hybridized carbons (Fsp3) is 0.692. The van der Waals surface area contributed by atoms with Crippen molar-refractivity contribution in [1.29, 1.82) is 0 Å². The topological polar surface area (TPSA) is 58.6 Å². The van der Waals surface area contributed by atoms with Gasteiger partial charge in [-0.25, -0.2) is 0 Å². The molecular weight excluding hydrogens is 388 g/mol. The summed E-state index contributed by atoms with van der Waals surface area (Å²) in [6.45, 7) is 5.35. The van der Waals surface area contributed by atoms with Crippen molar-refractivity contribution >= 4 is 11.8 Å². The van der Waals surface area contributed by atoms with Crippen LogP contribution in [0.15, 0.2) is 24.3 Å². The molecule has 4 bridgehead atoms. The quantitative estimate of drug-likeness (QED) is 0.733.